The van der Waals surface area contributed by atoms with Crippen LogP contribution in [-0.4, -0.2) is 23.2 Å². The molecule has 1 aromatic carbocycles. The molecule has 3 rings (SSSR count). The molecule has 0 radical (unpaired) electrons. The van der Waals surface area contributed by atoms with E-state index in [-0.39, 0.29) is 4.90 Å². The molecule has 0 saturated carbocycles. The Balaban J connectivity index is 1.96. The van der Waals surface area contributed by atoms with E-state index < -0.39 is 10.0 Å². The lowest BCUT2D eigenvalue weighted by Crippen LogP contribution is -2.15. The molecule has 0 bridgehead atoms. The molecule has 0 aliphatic heterocycles. The van der Waals surface area contributed by atoms with Crippen molar-refractivity contribution in [3.05, 3.63) is 46.0 Å². The van der Waals surface area contributed by atoms with E-state index in [0.29, 0.717) is 17.1 Å². The predicted molar refractivity (Wildman–Crippen MR) is 95.8 cm³/mol. The van der Waals surface area contributed by atoms with Crippen LogP contribution < -0.4 is 4.72 Å². The molecule has 0 aliphatic rings. The quantitative estimate of drug-likeness (QED) is 0.773. The van der Waals surface area contributed by atoms with Crippen LogP contribution in [0.4, 0.5) is 5.69 Å². The van der Waals surface area contributed by atoms with Crippen molar-refractivity contribution in [2.75, 3.05) is 4.72 Å². The molecule has 0 atom stereocenters. The zero-order valence-corrected chi connectivity index (χ0v) is 15.5. The minimum atomic E-state index is -3.70. The van der Waals surface area contributed by atoms with Crippen molar-refractivity contribution in [1.82, 2.24) is 14.8 Å². The summed E-state index contributed by atoms with van der Waals surface area (Å²) in [6.45, 7) is 5.37. The Morgan fingerprint density at radius 3 is 2.54 bits per heavy atom. The molecule has 126 valence electrons. The highest BCUT2D eigenvalue weighted by Crippen LogP contribution is 2.26. The van der Waals surface area contributed by atoms with Crippen LogP contribution in [0.3, 0.4) is 0 Å². The molecule has 3 aromatic rings. The number of sulfonamides is 1. The van der Waals surface area contributed by atoms with E-state index in [1.165, 1.54) is 0 Å². The molecule has 0 amide bonds. The summed E-state index contributed by atoms with van der Waals surface area (Å²) >= 11 is 1.56. The van der Waals surface area contributed by atoms with Gasteiger partial charge in [-0.3, -0.25) is 9.40 Å². The predicted octanol–water partition coefficient (Wildman–Crippen LogP) is 3.27. The third-order valence-corrected chi connectivity index (χ3v) is 6.15. The molecule has 0 saturated heterocycles. The second kappa shape index (κ2) is 6.03. The van der Waals surface area contributed by atoms with Gasteiger partial charge in [0.25, 0.3) is 10.0 Å². The van der Waals surface area contributed by atoms with E-state index in [4.69, 9.17) is 0 Å². The summed E-state index contributed by atoms with van der Waals surface area (Å²) in [6.07, 6.45) is 0. The average molecular weight is 362 g/mol. The lowest BCUT2D eigenvalue weighted by atomic mass is 10.1. The lowest BCUT2D eigenvalue weighted by Gasteiger charge is -2.09. The van der Waals surface area contributed by atoms with Crippen molar-refractivity contribution < 1.29 is 8.42 Å². The smallest absolute Gasteiger partial charge is 0.265 e. The Kier molecular flexibility index (Phi) is 4.18. The van der Waals surface area contributed by atoms with E-state index in [2.05, 4.69) is 14.8 Å². The number of thiazole rings is 1. The highest BCUT2D eigenvalue weighted by Gasteiger charge is 2.24. The van der Waals surface area contributed by atoms with Crippen LogP contribution in [0.1, 0.15) is 16.4 Å². The number of nitrogens with one attached hydrogen (secondary N) is 1. The van der Waals surface area contributed by atoms with E-state index in [1.54, 1.807) is 49.0 Å². The van der Waals surface area contributed by atoms with Gasteiger partial charge in [0.1, 0.15) is 4.90 Å². The largest absolute Gasteiger partial charge is 0.279 e. The minimum Gasteiger partial charge on any atom is -0.279 e. The highest BCUT2D eigenvalue weighted by atomic mass is 32.2. The van der Waals surface area contributed by atoms with Crippen molar-refractivity contribution in [2.45, 2.75) is 25.7 Å². The number of aromatic nitrogens is 3. The first kappa shape index (κ1) is 16.7. The van der Waals surface area contributed by atoms with Gasteiger partial charge in [-0.15, -0.1) is 11.3 Å². The van der Waals surface area contributed by atoms with E-state index in [9.17, 15) is 8.42 Å². The van der Waals surface area contributed by atoms with Gasteiger partial charge < -0.3 is 0 Å². The topological polar surface area (TPSA) is 76.9 Å². The molecule has 0 aliphatic carbocycles. The molecule has 0 spiro atoms. The summed E-state index contributed by atoms with van der Waals surface area (Å²) in [7, 11) is -1.97. The Labute approximate surface area is 145 Å². The first-order chi connectivity index (χ1) is 11.3. The van der Waals surface area contributed by atoms with Crippen LogP contribution in [0.5, 0.6) is 0 Å². The second-order valence-electron chi connectivity index (χ2n) is 5.56. The fourth-order valence-corrected chi connectivity index (χ4v) is 4.70. The number of aryl methyl sites for hydroxylation is 3. The maximum atomic E-state index is 12.7. The first-order valence-corrected chi connectivity index (χ1v) is 9.70. The third-order valence-electron chi connectivity index (χ3n) is 3.74. The summed E-state index contributed by atoms with van der Waals surface area (Å²) in [5.74, 6) is 0. The van der Waals surface area contributed by atoms with Gasteiger partial charge in [0.15, 0.2) is 0 Å². The Morgan fingerprint density at radius 1 is 1.21 bits per heavy atom. The molecule has 1 N–H and O–H groups in total. The number of anilines is 1. The summed E-state index contributed by atoms with van der Waals surface area (Å²) in [6, 6.07) is 7.23. The van der Waals surface area contributed by atoms with Crippen LogP contribution in [-0.2, 0) is 17.1 Å². The van der Waals surface area contributed by atoms with Crippen molar-refractivity contribution in [1.29, 1.82) is 0 Å². The van der Waals surface area contributed by atoms with Crippen molar-refractivity contribution in [3.8, 4) is 11.3 Å². The van der Waals surface area contributed by atoms with E-state index in [0.717, 1.165) is 16.3 Å². The molecule has 2 heterocycles. The van der Waals surface area contributed by atoms with Gasteiger partial charge in [-0.1, -0.05) is 12.1 Å². The van der Waals surface area contributed by atoms with Gasteiger partial charge >= 0.3 is 0 Å². The van der Waals surface area contributed by atoms with Crippen LogP contribution >= 0.6 is 11.3 Å². The fraction of sp³-hybridized carbons (Fsp3) is 0.250. The molecule has 2 aromatic heterocycles. The van der Waals surface area contributed by atoms with Gasteiger partial charge in [0, 0.05) is 23.7 Å². The molecule has 6 nitrogen and oxygen atoms in total. The number of hydrogen-bond acceptors (Lipinski definition) is 5. The van der Waals surface area contributed by atoms with Gasteiger partial charge in [-0.25, -0.2) is 13.4 Å². The summed E-state index contributed by atoms with van der Waals surface area (Å²) in [5.41, 5.74) is 3.30. The molecular weight excluding hydrogens is 344 g/mol. The first-order valence-electron chi connectivity index (χ1n) is 7.33. The molecule has 0 fully saturated rings. The third kappa shape index (κ3) is 3.07. The minimum absolute atomic E-state index is 0.222. The van der Waals surface area contributed by atoms with Crippen LogP contribution in [0.15, 0.2) is 34.5 Å². The Bertz CT molecular complexity index is 1000. The number of nitrogens with zero attached hydrogens (tertiary/aromatic N) is 3. The van der Waals surface area contributed by atoms with Gasteiger partial charge in [0.2, 0.25) is 0 Å². The highest BCUT2D eigenvalue weighted by molar-refractivity contribution is 7.92. The molecule has 8 heteroatoms. The zero-order valence-electron chi connectivity index (χ0n) is 13.9. The van der Waals surface area contributed by atoms with E-state index >= 15 is 0 Å². The number of hydrogen-bond donors (Lipinski definition) is 1. The van der Waals surface area contributed by atoms with Crippen molar-refractivity contribution in [3.63, 3.8) is 0 Å². The Hall–Kier alpha value is -2.19. The number of rotatable bonds is 4. The normalized spacial score (nSPS) is 11.7. The number of benzene rings is 1. The van der Waals surface area contributed by atoms with Gasteiger partial charge in [0.05, 0.1) is 22.1 Å². The van der Waals surface area contributed by atoms with E-state index in [1.807, 2.05) is 24.4 Å². The Morgan fingerprint density at radius 2 is 1.96 bits per heavy atom. The van der Waals surface area contributed by atoms with Crippen molar-refractivity contribution in [2.24, 2.45) is 7.05 Å². The second-order valence-corrected chi connectivity index (χ2v) is 8.24. The summed E-state index contributed by atoms with van der Waals surface area (Å²) in [4.78, 5) is 4.66. The summed E-state index contributed by atoms with van der Waals surface area (Å²) in [5, 5.41) is 7.10. The zero-order chi connectivity index (χ0) is 17.5. The van der Waals surface area contributed by atoms with Gasteiger partial charge in [-0.2, -0.15) is 5.10 Å². The van der Waals surface area contributed by atoms with Crippen LogP contribution in [0.2, 0.25) is 0 Å². The van der Waals surface area contributed by atoms with Crippen molar-refractivity contribution >= 4 is 27.0 Å². The van der Waals surface area contributed by atoms with Crippen LogP contribution in [0, 0.1) is 20.8 Å². The van der Waals surface area contributed by atoms with Gasteiger partial charge in [-0.05, 0) is 32.9 Å². The maximum absolute atomic E-state index is 12.7. The van der Waals surface area contributed by atoms with Crippen LogP contribution in [0.25, 0.3) is 11.3 Å². The molecule has 0 unspecified atom stereocenters. The maximum Gasteiger partial charge on any atom is 0.265 e. The average Bonchev–Trinajstić information content (AvgIpc) is 3.03. The standard InChI is InChI=1S/C16H18N4O2S2/c1-10-16(11(2)20(4)18-10)24(21,22)19-14-7-5-6-13(8-14)15-9-23-12(3)17-15/h5-9,19H,1-4H3. The fourth-order valence-electron chi connectivity index (χ4n) is 2.59. The lowest BCUT2D eigenvalue weighted by molar-refractivity contribution is 0.599. The summed E-state index contributed by atoms with van der Waals surface area (Å²) < 4.78 is 29.7. The SMILES string of the molecule is Cc1nc(-c2cccc(NS(=O)(=O)c3c(C)nn(C)c3C)c2)cs1. The molecule has 24 heavy (non-hydrogen) atoms. The monoisotopic (exact) mass is 362 g/mol. The molecular formula is C16H18N4O2S2.